The summed E-state index contributed by atoms with van der Waals surface area (Å²) in [6, 6.07) is 10.0. The largest absolute Gasteiger partial charge is 0.497 e. The van der Waals surface area contributed by atoms with Gasteiger partial charge in [-0.25, -0.2) is 4.68 Å². The molecule has 27 heavy (non-hydrogen) atoms. The van der Waals surface area contributed by atoms with Crippen molar-refractivity contribution in [2.45, 2.75) is 13.5 Å². The van der Waals surface area contributed by atoms with Crippen LogP contribution in [0.25, 0.3) is 0 Å². The fraction of sp³-hybridized carbons (Fsp3) is 0.368. The van der Waals surface area contributed by atoms with Crippen LogP contribution < -0.4 is 10.3 Å². The van der Waals surface area contributed by atoms with Gasteiger partial charge in [0.25, 0.3) is 11.5 Å². The molecule has 0 spiro atoms. The quantitative estimate of drug-likeness (QED) is 0.785. The van der Waals surface area contributed by atoms with Gasteiger partial charge >= 0.3 is 0 Å². The average Bonchev–Trinajstić information content (AvgIpc) is 2.70. The van der Waals surface area contributed by atoms with E-state index in [1.54, 1.807) is 54.2 Å². The summed E-state index contributed by atoms with van der Waals surface area (Å²) < 4.78 is 6.33. The summed E-state index contributed by atoms with van der Waals surface area (Å²) in [6.07, 6.45) is 0. The zero-order chi connectivity index (χ0) is 19.4. The zero-order valence-electron chi connectivity index (χ0n) is 15.4. The van der Waals surface area contributed by atoms with Crippen LogP contribution >= 0.6 is 0 Å². The van der Waals surface area contributed by atoms with Crippen molar-refractivity contribution < 1.29 is 14.3 Å². The predicted octanol–water partition coefficient (Wildman–Crippen LogP) is 0.545. The second-order valence-electron chi connectivity index (χ2n) is 6.38. The molecule has 2 heterocycles. The van der Waals surface area contributed by atoms with Gasteiger partial charge in [0, 0.05) is 37.8 Å². The molecular formula is C19H22N4O4. The second-order valence-corrected chi connectivity index (χ2v) is 6.38. The smallest absolute Gasteiger partial charge is 0.267 e. The Morgan fingerprint density at radius 1 is 1.07 bits per heavy atom. The molecule has 0 radical (unpaired) electrons. The number of nitrogens with zero attached hydrogens (tertiary/aromatic N) is 4. The Morgan fingerprint density at radius 3 is 2.48 bits per heavy atom. The molecule has 1 aromatic heterocycles. The minimum atomic E-state index is -0.305. The van der Waals surface area contributed by atoms with Crippen LogP contribution in [0.2, 0.25) is 0 Å². The van der Waals surface area contributed by atoms with E-state index in [0.717, 1.165) is 0 Å². The first-order valence-electron chi connectivity index (χ1n) is 8.74. The lowest BCUT2D eigenvalue weighted by Gasteiger charge is -2.34. The van der Waals surface area contributed by atoms with Crippen molar-refractivity contribution in [2.75, 3.05) is 33.3 Å². The Hall–Kier alpha value is -3.16. The van der Waals surface area contributed by atoms with E-state index >= 15 is 0 Å². The molecule has 0 saturated carbocycles. The molecule has 0 atom stereocenters. The normalized spacial score (nSPS) is 14.1. The van der Waals surface area contributed by atoms with E-state index in [9.17, 15) is 14.4 Å². The highest BCUT2D eigenvalue weighted by molar-refractivity contribution is 5.94. The standard InChI is InChI=1S/C19H22N4O4/c1-14-6-7-17(24)23(20-14)13-18(25)21-8-10-22(11-9-21)19(26)15-4-3-5-16(12-15)27-2/h3-7,12H,8-11,13H2,1-2H3. The average molecular weight is 370 g/mol. The van der Waals surface area contributed by atoms with Crippen molar-refractivity contribution in [3.8, 4) is 5.75 Å². The number of carbonyl (C=O) groups is 2. The highest BCUT2D eigenvalue weighted by Gasteiger charge is 2.25. The van der Waals surface area contributed by atoms with Gasteiger partial charge in [-0.05, 0) is 31.2 Å². The third-order valence-electron chi connectivity index (χ3n) is 4.52. The van der Waals surface area contributed by atoms with Gasteiger partial charge in [0.05, 0.1) is 12.8 Å². The summed E-state index contributed by atoms with van der Waals surface area (Å²) >= 11 is 0. The van der Waals surface area contributed by atoms with Crippen LogP contribution in [0.3, 0.4) is 0 Å². The first-order valence-corrected chi connectivity index (χ1v) is 8.74. The number of aryl methyl sites for hydroxylation is 1. The van der Waals surface area contributed by atoms with E-state index in [1.165, 1.54) is 10.7 Å². The third kappa shape index (κ3) is 4.33. The Bertz CT molecular complexity index is 901. The number of hydrogen-bond donors (Lipinski definition) is 0. The van der Waals surface area contributed by atoms with Crippen LogP contribution in [0.5, 0.6) is 5.75 Å². The topological polar surface area (TPSA) is 84.7 Å². The molecule has 8 heteroatoms. The molecule has 2 aromatic rings. The van der Waals surface area contributed by atoms with E-state index < -0.39 is 0 Å². The van der Waals surface area contributed by atoms with E-state index in [4.69, 9.17) is 4.74 Å². The van der Waals surface area contributed by atoms with Crippen LogP contribution in [0.15, 0.2) is 41.2 Å². The van der Waals surface area contributed by atoms with E-state index in [0.29, 0.717) is 43.2 Å². The fourth-order valence-electron chi connectivity index (χ4n) is 2.99. The monoisotopic (exact) mass is 370 g/mol. The summed E-state index contributed by atoms with van der Waals surface area (Å²) in [5, 5.41) is 4.09. The minimum absolute atomic E-state index is 0.0856. The number of amides is 2. The van der Waals surface area contributed by atoms with Gasteiger partial charge in [-0.2, -0.15) is 5.10 Å². The molecule has 1 saturated heterocycles. The lowest BCUT2D eigenvalue weighted by Crippen LogP contribution is -2.51. The van der Waals surface area contributed by atoms with Crippen LogP contribution in [0.1, 0.15) is 16.1 Å². The zero-order valence-corrected chi connectivity index (χ0v) is 15.4. The van der Waals surface area contributed by atoms with Gasteiger partial charge in [-0.3, -0.25) is 14.4 Å². The summed E-state index contributed by atoms with van der Waals surface area (Å²) in [4.78, 5) is 40.3. The highest BCUT2D eigenvalue weighted by Crippen LogP contribution is 2.15. The van der Waals surface area contributed by atoms with E-state index in [-0.39, 0.29) is 23.9 Å². The molecule has 2 amide bonds. The van der Waals surface area contributed by atoms with Gasteiger partial charge in [0.1, 0.15) is 12.3 Å². The number of ether oxygens (including phenoxy) is 1. The van der Waals surface area contributed by atoms with E-state index in [2.05, 4.69) is 5.10 Å². The maximum atomic E-state index is 12.6. The van der Waals surface area contributed by atoms with Crippen molar-refractivity contribution in [3.05, 3.63) is 58.0 Å². The maximum Gasteiger partial charge on any atom is 0.267 e. The van der Waals surface area contributed by atoms with Crippen LogP contribution in [-0.4, -0.2) is 64.7 Å². The predicted molar refractivity (Wildman–Crippen MR) is 98.7 cm³/mol. The van der Waals surface area contributed by atoms with Crippen LogP contribution in [0, 0.1) is 6.92 Å². The number of piperazine rings is 1. The molecule has 1 aromatic carbocycles. The third-order valence-corrected chi connectivity index (χ3v) is 4.52. The second kappa shape index (κ2) is 8.03. The minimum Gasteiger partial charge on any atom is -0.497 e. The van der Waals surface area contributed by atoms with Gasteiger partial charge in [0.2, 0.25) is 5.91 Å². The summed E-state index contributed by atoms with van der Waals surface area (Å²) in [5.74, 6) is 0.368. The Kier molecular flexibility index (Phi) is 5.54. The molecule has 1 fully saturated rings. The Balaban J connectivity index is 1.59. The number of methoxy groups -OCH3 is 1. The van der Waals surface area contributed by atoms with Crippen molar-refractivity contribution in [3.63, 3.8) is 0 Å². The molecule has 142 valence electrons. The molecule has 0 N–H and O–H groups in total. The van der Waals surface area contributed by atoms with Gasteiger partial charge in [0.15, 0.2) is 0 Å². The van der Waals surface area contributed by atoms with Crippen molar-refractivity contribution in [1.82, 2.24) is 19.6 Å². The van der Waals surface area contributed by atoms with Gasteiger partial charge in [-0.15, -0.1) is 0 Å². The number of benzene rings is 1. The molecule has 1 aliphatic rings. The first kappa shape index (κ1) is 18.6. The van der Waals surface area contributed by atoms with Crippen molar-refractivity contribution >= 4 is 11.8 Å². The molecule has 0 bridgehead atoms. The highest BCUT2D eigenvalue weighted by atomic mass is 16.5. The van der Waals surface area contributed by atoms with Crippen molar-refractivity contribution in [2.24, 2.45) is 0 Å². The number of hydrogen-bond acceptors (Lipinski definition) is 5. The maximum absolute atomic E-state index is 12.6. The number of aromatic nitrogens is 2. The Labute approximate surface area is 157 Å². The first-order chi connectivity index (χ1) is 13.0. The fourth-order valence-corrected chi connectivity index (χ4v) is 2.99. The number of rotatable bonds is 4. The molecule has 1 aliphatic heterocycles. The molecule has 8 nitrogen and oxygen atoms in total. The summed E-state index contributed by atoms with van der Waals surface area (Å²) in [5.41, 5.74) is 0.932. The van der Waals surface area contributed by atoms with Crippen LogP contribution in [0.4, 0.5) is 0 Å². The Morgan fingerprint density at radius 2 is 1.78 bits per heavy atom. The number of carbonyl (C=O) groups excluding carboxylic acids is 2. The van der Waals surface area contributed by atoms with E-state index in [1.807, 2.05) is 0 Å². The molecule has 0 unspecified atom stereocenters. The van der Waals surface area contributed by atoms with Crippen LogP contribution in [-0.2, 0) is 11.3 Å². The summed E-state index contributed by atoms with van der Waals surface area (Å²) in [7, 11) is 1.56. The van der Waals surface area contributed by atoms with Gasteiger partial charge in [-0.1, -0.05) is 6.07 Å². The summed E-state index contributed by atoms with van der Waals surface area (Å²) in [6.45, 7) is 3.41. The molecular weight excluding hydrogens is 348 g/mol. The SMILES string of the molecule is COc1cccc(C(=O)N2CCN(C(=O)Cn3nc(C)ccc3=O)CC2)c1. The lowest BCUT2D eigenvalue weighted by molar-refractivity contribution is -0.133. The molecule has 0 aliphatic carbocycles. The molecule has 3 rings (SSSR count). The lowest BCUT2D eigenvalue weighted by atomic mass is 10.1. The van der Waals surface area contributed by atoms with Gasteiger partial charge < -0.3 is 14.5 Å². The van der Waals surface area contributed by atoms with Crippen molar-refractivity contribution in [1.29, 1.82) is 0 Å².